The van der Waals surface area contributed by atoms with Crippen LogP contribution in [0.25, 0.3) is 11.1 Å². The van der Waals surface area contributed by atoms with Gasteiger partial charge in [-0.15, -0.1) is 0 Å². The summed E-state index contributed by atoms with van der Waals surface area (Å²) in [5.41, 5.74) is 22.3. The topological polar surface area (TPSA) is 72.8 Å². The van der Waals surface area contributed by atoms with Crippen molar-refractivity contribution in [3.05, 3.63) is 70.3 Å². The highest BCUT2D eigenvalue weighted by Gasteiger charge is 2.33. The van der Waals surface area contributed by atoms with Gasteiger partial charge in [-0.2, -0.15) is 9.58 Å². The minimum atomic E-state index is -6.00. The predicted octanol–water partition coefficient (Wildman–Crippen LogP) is 3.57. The van der Waals surface area contributed by atoms with Crippen molar-refractivity contribution in [3.8, 4) is 0 Å². The van der Waals surface area contributed by atoms with Gasteiger partial charge in [0.15, 0.2) is 0 Å². The number of nitrogens with zero attached hydrogens (tertiary/aromatic N) is 4. The molecule has 3 aliphatic carbocycles. The van der Waals surface area contributed by atoms with E-state index in [0.717, 1.165) is 16.7 Å². The lowest BCUT2D eigenvalue weighted by Gasteiger charge is -2.21. The molecule has 0 amide bonds. The molecule has 0 aromatic carbocycles. The first-order valence-corrected chi connectivity index (χ1v) is 6.62. The SMILES string of the molecule is F[B-](F)(F)F.[N-]=[N+]=C1CC=CC2=CC3=CC=CC(=[N+]=[N-])C3C=C21. The number of hydrogen-bond donors (Lipinski definition) is 0. The van der Waals surface area contributed by atoms with Crippen molar-refractivity contribution >= 4 is 18.7 Å². The van der Waals surface area contributed by atoms with Gasteiger partial charge in [-0.3, -0.25) is 0 Å². The predicted molar refractivity (Wildman–Crippen MR) is 78.1 cm³/mol. The van der Waals surface area contributed by atoms with Crippen LogP contribution in [0.4, 0.5) is 17.3 Å². The Labute approximate surface area is 129 Å². The van der Waals surface area contributed by atoms with Crippen LogP contribution in [0.2, 0.25) is 0 Å². The second-order valence-corrected chi connectivity index (χ2v) is 4.86. The highest BCUT2D eigenvalue weighted by atomic mass is 19.5. The summed E-state index contributed by atoms with van der Waals surface area (Å²) in [6, 6.07) is 0. The van der Waals surface area contributed by atoms with E-state index in [9.17, 15) is 17.3 Å². The number of hydrogen-bond acceptors (Lipinski definition) is 0. The molecule has 0 bridgehead atoms. The first kappa shape index (κ1) is 16.6. The molecule has 0 saturated heterocycles. The summed E-state index contributed by atoms with van der Waals surface area (Å²) in [6.07, 6.45) is 14.3. The molecule has 0 fully saturated rings. The maximum Gasteiger partial charge on any atom is 0.673 e. The molecule has 0 aliphatic heterocycles. The van der Waals surface area contributed by atoms with Crippen molar-refractivity contribution in [2.75, 3.05) is 0 Å². The van der Waals surface area contributed by atoms with Crippen LogP contribution >= 0.6 is 0 Å². The fourth-order valence-corrected chi connectivity index (χ4v) is 2.47. The first-order valence-electron chi connectivity index (χ1n) is 6.62. The average molecular weight is 321 g/mol. The Bertz CT molecular complexity index is 767. The van der Waals surface area contributed by atoms with E-state index in [1.165, 1.54) is 0 Å². The van der Waals surface area contributed by atoms with Gasteiger partial charge < -0.3 is 28.3 Å². The normalized spacial score (nSPS) is 21.6. The van der Waals surface area contributed by atoms with Gasteiger partial charge >= 0.3 is 18.7 Å². The Morgan fingerprint density at radius 2 is 1.78 bits per heavy atom. The molecule has 0 aromatic heterocycles. The Balaban J connectivity index is 0.000000338. The van der Waals surface area contributed by atoms with E-state index in [2.05, 4.69) is 9.58 Å². The lowest BCUT2D eigenvalue weighted by molar-refractivity contribution is -0.00819. The van der Waals surface area contributed by atoms with Crippen LogP contribution in [0.1, 0.15) is 6.42 Å². The van der Waals surface area contributed by atoms with E-state index < -0.39 is 7.25 Å². The van der Waals surface area contributed by atoms with Crippen molar-refractivity contribution in [2.24, 2.45) is 5.92 Å². The third kappa shape index (κ3) is 4.13. The van der Waals surface area contributed by atoms with Gasteiger partial charge in [0.25, 0.3) is 0 Å². The van der Waals surface area contributed by atoms with E-state index in [1.807, 2.05) is 36.5 Å². The second kappa shape index (κ2) is 6.56. The van der Waals surface area contributed by atoms with E-state index in [1.54, 1.807) is 6.08 Å². The maximum atomic E-state index is 9.75. The van der Waals surface area contributed by atoms with Crippen LogP contribution in [0, 0.1) is 5.92 Å². The van der Waals surface area contributed by atoms with E-state index in [0.29, 0.717) is 17.8 Å². The molecule has 1 unspecified atom stereocenters. The fraction of sp³-hybridized carbons (Fsp3) is 0.143. The Hall–Kier alpha value is -2.76. The van der Waals surface area contributed by atoms with Gasteiger partial charge in [-0.05, 0) is 23.3 Å². The largest absolute Gasteiger partial charge is 0.673 e. The summed E-state index contributed by atoms with van der Waals surface area (Å²) >= 11 is 0. The molecule has 4 nitrogen and oxygen atoms in total. The first-order chi connectivity index (χ1) is 10.8. The monoisotopic (exact) mass is 321 g/mol. The van der Waals surface area contributed by atoms with Crippen LogP contribution < -0.4 is 0 Å². The molecule has 0 saturated carbocycles. The van der Waals surface area contributed by atoms with E-state index in [-0.39, 0.29) is 5.92 Å². The number of fused-ring (bicyclic) bond motifs is 2. The molecule has 0 radical (unpaired) electrons. The Morgan fingerprint density at radius 3 is 2.39 bits per heavy atom. The van der Waals surface area contributed by atoms with Gasteiger partial charge in [0, 0.05) is 6.08 Å². The van der Waals surface area contributed by atoms with Crippen molar-refractivity contribution in [2.45, 2.75) is 6.42 Å². The van der Waals surface area contributed by atoms with E-state index in [4.69, 9.17) is 11.1 Å². The highest BCUT2D eigenvalue weighted by Crippen LogP contribution is 2.33. The molecule has 23 heavy (non-hydrogen) atoms. The molecule has 9 heteroatoms. The Kier molecular flexibility index (Phi) is 4.74. The molecule has 3 rings (SSSR count). The van der Waals surface area contributed by atoms with Crippen LogP contribution in [-0.2, 0) is 0 Å². The molecule has 0 N–H and O–H groups in total. The minimum Gasteiger partial charge on any atom is -0.418 e. The average Bonchev–Trinajstić information content (AvgIpc) is 2.50. The van der Waals surface area contributed by atoms with Crippen molar-refractivity contribution in [1.29, 1.82) is 0 Å². The van der Waals surface area contributed by atoms with Crippen LogP contribution in [0.5, 0.6) is 0 Å². The maximum absolute atomic E-state index is 9.75. The van der Waals surface area contributed by atoms with Crippen molar-refractivity contribution < 1.29 is 26.8 Å². The molecular formula is C14H10BF4N4-. The molecule has 3 aliphatic rings. The Morgan fingerprint density at radius 1 is 1.09 bits per heavy atom. The zero-order chi connectivity index (χ0) is 17.0. The molecule has 0 aromatic rings. The molecular weight excluding hydrogens is 311 g/mol. The zero-order valence-electron chi connectivity index (χ0n) is 11.7. The molecule has 0 heterocycles. The number of halogens is 4. The summed E-state index contributed by atoms with van der Waals surface area (Å²) in [4.78, 5) is 6.65. The second-order valence-electron chi connectivity index (χ2n) is 4.86. The lowest BCUT2D eigenvalue weighted by Crippen LogP contribution is -2.22. The smallest absolute Gasteiger partial charge is 0.418 e. The lowest BCUT2D eigenvalue weighted by atomic mass is 9.78. The fourth-order valence-electron chi connectivity index (χ4n) is 2.47. The van der Waals surface area contributed by atoms with Gasteiger partial charge in [-0.25, -0.2) is 0 Å². The summed E-state index contributed by atoms with van der Waals surface area (Å²) < 4.78 is 39.0. The molecule has 1 atom stereocenters. The minimum absolute atomic E-state index is 0.0676. The standard InChI is InChI=1S/C14H10N4.BF4/c15-17-13-5-1-3-9-7-10-4-2-6-14(18-16)12(10)8-11(9)13;2-1(3,4)5/h1-5,7-8,11H,6H2;/q;-1. The van der Waals surface area contributed by atoms with Crippen molar-refractivity contribution in [3.63, 3.8) is 0 Å². The summed E-state index contributed by atoms with van der Waals surface area (Å²) in [5, 5.41) is 0. The van der Waals surface area contributed by atoms with Gasteiger partial charge in [0.05, 0.1) is 12.0 Å². The third-order valence-electron chi connectivity index (χ3n) is 3.36. The number of rotatable bonds is 0. The zero-order valence-corrected chi connectivity index (χ0v) is 11.7. The van der Waals surface area contributed by atoms with Crippen molar-refractivity contribution in [1.82, 2.24) is 0 Å². The number of allylic oxidation sites excluding steroid dienone is 10. The van der Waals surface area contributed by atoms with Gasteiger partial charge in [0.1, 0.15) is 5.92 Å². The summed E-state index contributed by atoms with van der Waals surface area (Å²) in [7, 11) is -6.00. The van der Waals surface area contributed by atoms with E-state index >= 15 is 0 Å². The molecule has 0 spiro atoms. The molecule has 118 valence electrons. The van der Waals surface area contributed by atoms with Gasteiger partial charge in [0.2, 0.25) is 0 Å². The summed E-state index contributed by atoms with van der Waals surface area (Å²) in [6.45, 7) is 0. The third-order valence-corrected chi connectivity index (χ3v) is 3.36. The van der Waals surface area contributed by atoms with Crippen LogP contribution in [0.15, 0.2) is 59.3 Å². The van der Waals surface area contributed by atoms with Crippen LogP contribution in [0.3, 0.4) is 0 Å². The van der Waals surface area contributed by atoms with Gasteiger partial charge in [-0.1, -0.05) is 24.3 Å². The van der Waals surface area contributed by atoms with Crippen LogP contribution in [-0.4, -0.2) is 28.3 Å². The summed E-state index contributed by atoms with van der Waals surface area (Å²) in [5.74, 6) is -0.0676. The quantitative estimate of drug-likeness (QED) is 0.283. The highest BCUT2D eigenvalue weighted by molar-refractivity contribution is 6.50.